The lowest BCUT2D eigenvalue weighted by Crippen LogP contribution is -2.24. The third-order valence-electron chi connectivity index (χ3n) is 2.98. The number of amides is 2. The zero-order chi connectivity index (χ0) is 12.3. The Balaban J connectivity index is 1.95. The van der Waals surface area contributed by atoms with Crippen molar-refractivity contribution < 1.29 is 9.59 Å². The van der Waals surface area contributed by atoms with Crippen LogP contribution in [0.4, 0.5) is 5.69 Å². The van der Waals surface area contributed by atoms with Gasteiger partial charge in [0.25, 0.3) is 0 Å². The first-order chi connectivity index (χ1) is 8.19. The predicted octanol–water partition coefficient (Wildman–Crippen LogP) is 1.32. The maximum atomic E-state index is 11.8. The molecule has 1 heterocycles. The van der Waals surface area contributed by atoms with E-state index >= 15 is 0 Å². The fraction of sp³-hybridized carbons (Fsp3) is 0.385. The Labute approximate surface area is 100 Å². The van der Waals surface area contributed by atoms with E-state index in [4.69, 9.17) is 0 Å². The summed E-state index contributed by atoms with van der Waals surface area (Å²) in [5.41, 5.74) is 2.02. The summed E-state index contributed by atoms with van der Waals surface area (Å²) >= 11 is 0. The van der Waals surface area contributed by atoms with Crippen LogP contribution in [0.25, 0.3) is 0 Å². The molecule has 90 valence electrons. The molecule has 1 fully saturated rings. The number of carbonyl (C=O) groups excluding carboxylic acids is 2. The van der Waals surface area contributed by atoms with Crippen LogP contribution in [0.5, 0.6) is 0 Å². The molecule has 1 aliphatic heterocycles. The minimum absolute atomic E-state index is 0.0496. The zero-order valence-corrected chi connectivity index (χ0v) is 9.82. The number of aryl methyl sites for hydroxylation is 1. The maximum absolute atomic E-state index is 11.8. The van der Waals surface area contributed by atoms with Crippen molar-refractivity contribution in [3.05, 3.63) is 29.8 Å². The van der Waals surface area contributed by atoms with Crippen molar-refractivity contribution in [1.82, 2.24) is 5.32 Å². The molecule has 17 heavy (non-hydrogen) atoms. The highest BCUT2D eigenvalue weighted by molar-refractivity contribution is 5.97. The normalized spacial score (nSPS) is 18.9. The van der Waals surface area contributed by atoms with Crippen LogP contribution in [0.3, 0.4) is 0 Å². The van der Waals surface area contributed by atoms with Crippen molar-refractivity contribution >= 4 is 17.5 Å². The molecule has 0 bridgehead atoms. The molecule has 0 saturated carbocycles. The topological polar surface area (TPSA) is 58.2 Å². The Morgan fingerprint density at radius 3 is 2.65 bits per heavy atom. The summed E-state index contributed by atoms with van der Waals surface area (Å²) in [7, 11) is 0. The molecule has 1 aromatic rings. The van der Waals surface area contributed by atoms with Crippen molar-refractivity contribution in [3.63, 3.8) is 0 Å². The van der Waals surface area contributed by atoms with Crippen LogP contribution < -0.4 is 10.6 Å². The average molecular weight is 232 g/mol. The minimum Gasteiger partial charge on any atom is -0.355 e. The summed E-state index contributed by atoms with van der Waals surface area (Å²) in [4.78, 5) is 22.8. The molecule has 2 rings (SSSR count). The number of nitrogens with one attached hydrogen (secondary N) is 2. The Kier molecular flexibility index (Phi) is 3.42. The van der Waals surface area contributed by atoms with Gasteiger partial charge in [0, 0.05) is 18.7 Å². The molecule has 0 aliphatic carbocycles. The smallest absolute Gasteiger partial charge is 0.229 e. The lowest BCUT2D eigenvalue weighted by atomic mass is 10.1. The standard InChI is InChI=1S/C13H16N2O2/c1-2-9-3-5-11(6-4-9)15-13(17)10-7-12(16)14-8-10/h3-6,10H,2,7-8H2,1H3,(H,14,16)(H,15,17). The number of hydrogen-bond acceptors (Lipinski definition) is 2. The highest BCUT2D eigenvalue weighted by Crippen LogP contribution is 2.14. The average Bonchev–Trinajstić information content (AvgIpc) is 2.77. The van der Waals surface area contributed by atoms with Gasteiger partial charge in [-0.15, -0.1) is 0 Å². The lowest BCUT2D eigenvalue weighted by Gasteiger charge is -2.09. The Morgan fingerprint density at radius 1 is 1.41 bits per heavy atom. The minimum atomic E-state index is -0.242. The number of rotatable bonds is 3. The molecule has 0 aromatic heterocycles. The van der Waals surface area contributed by atoms with Gasteiger partial charge in [0.15, 0.2) is 0 Å². The van der Waals surface area contributed by atoms with Crippen LogP contribution in [-0.4, -0.2) is 18.4 Å². The van der Waals surface area contributed by atoms with Gasteiger partial charge >= 0.3 is 0 Å². The number of benzene rings is 1. The van der Waals surface area contributed by atoms with Crippen molar-refractivity contribution in [2.75, 3.05) is 11.9 Å². The van der Waals surface area contributed by atoms with Crippen LogP contribution in [-0.2, 0) is 16.0 Å². The maximum Gasteiger partial charge on any atom is 0.229 e. The number of carbonyl (C=O) groups is 2. The molecule has 1 aliphatic rings. The van der Waals surface area contributed by atoms with Gasteiger partial charge in [-0.05, 0) is 24.1 Å². The van der Waals surface area contributed by atoms with E-state index in [9.17, 15) is 9.59 Å². The molecule has 2 N–H and O–H groups in total. The van der Waals surface area contributed by atoms with E-state index < -0.39 is 0 Å². The summed E-state index contributed by atoms with van der Waals surface area (Å²) in [5.74, 6) is -0.382. The zero-order valence-electron chi connectivity index (χ0n) is 9.82. The first-order valence-corrected chi connectivity index (χ1v) is 5.85. The highest BCUT2D eigenvalue weighted by atomic mass is 16.2. The summed E-state index contributed by atoms with van der Waals surface area (Å²) in [6.45, 7) is 2.53. The van der Waals surface area contributed by atoms with E-state index in [1.807, 2.05) is 24.3 Å². The van der Waals surface area contributed by atoms with Gasteiger partial charge in [-0.1, -0.05) is 19.1 Å². The summed E-state index contributed by atoms with van der Waals surface area (Å²) in [6.07, 6.45) is 1.27. The lowest BCUT2D eigenvalue weighted by molar-refractivity contribution is -0.123. The van der Waals surface area contributed by atoms with E-state index in [-0.39, 0.29) is 17.7 Å². The fourth-order valence-corrected chi connectivity index (χ4v) is 1.86. The van der Waals surface area contributed by atoms with Gasteiger partial charge < -0.3 is 10.6 Å². The van der Waals surface area contributed by atoms with Crippen molar-refractivity contribution in [2.45, 2.75) is 19.8 Å². The monoisotopic (exact) mass is 232 g/mol. The molecule has 0 radical (unpaired) electrons. The van der Waals surface area contributed by atoms with Crippen LogP contribution in [0.2, 0.25) is 0 Å². The Bertz CT molecular complexity index is 426. The van der Waals surface area contributed by atoms with E-state index in [2.05, 4.69) is 17.6 Å². The first kappa shape index (κ1) is 11.6. The number of anilines is 1. The van der Waals surface area contributed by atoms with Crippen LogP contribution in [0.15, 0.2) is 24.3 Å². The first-order valence-electron chi connectivity index (χ1n) is 5.85. The molecular formula is C13H16N2O2. The fourth-order valence-electron chi connectivity index (χ4n) is 1.86. The predicted molar refractivity (Wildman–Crippen MR) is 65.6 cm³/mol. The molecule has 0 spiro atoms. The van der Waals surface area contributed by atoms with Crippen molar-refractivity contribution in [1.29, 1.82) is 0 Å². The Morgan fingerprint density at radius 2 is 2.12 bits per heavy atom. The number of hydrogen-bond donors (Lipinski definition) is 2. The van der Waals surface area contributed by atoms with Gasteiger partial charge in [0.05, 0.1) is 5.92 Å². The SMILES string of the molecule is CCc1ccc(NC(=O)C2CNC(=O)C2)cc1. The van der Waals surface area contributed by atoms with Crippen molar-refractivity contribution in [3.8, 4) is 0 Å². The molecule has 1 saturated heterocycles. The quantitative estimate of drug-likeness (QED) is 0.825. The van der Waals surface area contributed by atoms with Crippen LogP contribution >= 0.6 is 0 Å². The molecule has 4 heteroatoms. The van der Waals surface area contributed by atoms with Crippen LogP contribution in [0, 0.1) is 5.92 Å². The van der Waals surface area contributed by atoms with Crippen molar-refractivity contribution in [2.24, 2.45) is 5.92 Å². The van der Waals surface area contributed by atoms with Gasteiger partial charge in [0.1, 0.15) is 0 Å². The second-order valence-electron chi connectivity index (χ2n) is 4.24. The summed E-state index contributed by atoms with van der Waals surface area (Å²) in [6, 6.07) is 7.77. The van der Waals surface area contributed by atoms with Crippen LogP contribution in [0.1, 0.15) is 18.9 Å². The molecular weight excluding hydrogens is 216 g/mol. The van der Waals surface area contributed by atoms with E-state index in [1.165, 1.54) is 5.56 Å². The molecule has 4 nitrogen and oxygen atoms in total. The van der Waals surface area contributed by atoms with Gasteiger partial charge in [-0.25, -0.2) is 0 Å². The highest BCUT2D eigenvalue weighted by Gasteiger charge is 2.27. The largest absolute Gasteiger partial charge is 0.355 e. The van der Waals surface area contributed by atoms with E-state index in [0.717, 1.165) is 12.1 Å². The molecule has 1 atom stereocenters. The van der Waals surface area contributed by atoms with E-state index in [1.54, 1.807) is 0 Å². The van der Waals surface area contributed by atoms with E-state index in [0.29, 0.717) is 13.0 Å². The summed E-state index contributed by atoms with van der Waals surface area (Å²) in [5, 5.41) is 5.48. The van der Waals surface area contributed by atoms with Gasteiger partial charge in [-0.2, -0.15) is 0 Å². The molecule has 2 amide bonds. The van der Waals surface area contributed by atoms with Gasteiger partial charge in [-0.3, -0.25) is 9.59 Å². The molecule has 1 aromatic carbocycles. The third kappa shape index (κ3) is 2.84. The second kappa shape index (κ2) is 4.99. The molecule has 1 unspecified atom stereocenters. The Hall–Kier alpha value is -1.84. The second-order valence-corrected chi connectivity index (χ2v) is 4.24. The third-order valence-corrected chi connectivity index (χ3v) is 2.98. The van der Waals surface area contributed by atoms with Gasteiger partial charge in [0.2, 0.25) is 11.8 Å². The summed E-state index contributed by atoms with van der Waals surface area (Å²) < 4.78 is 0.